The van der Waals surface area contributed by atoms with Crippen LogP contribution < -0.4 is 5.32 Å². The van der Waals surface area contributed by atoms with E-state index >= 15 is 0 Å². The predicted molar refractivity (Wildman–Crippen MR) is 81.3 cm³/mol. The van der Waals surface area contributed by atoms with Crippen LogP contribution in [0.3, 0.4) is 0 Å². The summed E-state index contributed by atoms with van der Waals surface area (Å²) in [7, 11) is 1.99. The van der Waals surface area contributed by atoms with Gasteiger partial charge in [0, 0.05) is 30.8 Å². The van der Waals surface area contributed by atoms with Gasteiger partial charge in [0.1, 0.15) is 0 Å². The lowest BCUT2D eigenvalue weighted by molar-refractivity contribution is -0.386. The van der Waals surface area contributed by atoms with Crippen LogP contribution in [0.5, 0.6) is 0 Å². The van der Waals surface area contributed by atoms with Crippen molar-refractivity contribution in [2.45, 2.75) is 32.0 Å². The minimum Gasteiger partial charge on any atom is -0.374 e. The molecule has 0 bridgehead atoms. The number of nitrogens with zero attached hydrogens (tertiary/aromatic N) is 2. The van der Waals surface area contributed by atoms with E-state index in [1.54, 1.807) is 12.1 Å². The summed E-state index contributed by atoms with van der Waals surface area (Å²) < 4.78 is 5.87. The molecule has 0 radical (unpaired) electrons. The highest BCUT2D eigenvalue weighted by Crippen LogP contribution is 2.33. The summed E-state index contributed by atoms with van der Waals surface area (Å²) in [6.45, 7) is 6.25. The molecular formula is C15H23N3O3. The van der Waals surface area contributed by atoms with Crippen molar-refractivity contribution in [1.82, 2.24) is 10.2 Å². The van der Waals surface area contributed by atoms with Crippen LogP contribution in [-0.4, -0.2) is 48.7 Å². The highest BCUT2D eigenvalue weighted by molar-refractivity contribution is 5.42. The van der Waals surface area contributed by atoms with Crippen molar-refractivity contribution in [3.05, 3.63) is 39.9 Å². The van der Waals surface area contributed by atoms with Crippen LogP contribution in [0.15, 0.2) is 24.3 Å². The number of ether oxygens (including phenoxy) is 1. The lowest BCUT2D eigenvalue weighted by Gasteiger charge is -2.39. The fraction of sp³-hybridized carbons (Fsp3) is 0.600. The minimum absolute atomic E-state index is 0.0905. The number of rotatable bonds is 5. The molecule has 1 saturated heterocycles. The van der Waals surface area contributed by atoms with E-state index in [9.17, 15) is 10.1 Å². The molecule has 2 atom stereocenters. The molecule has 1 fully saturated rings. The molecule has 6 heteroatoms. The summed E-state index contributed by atoms with van der Waals surface area (Å²) in [6.07, 6.45) is -0.0905. The van der Waals surface area contributed by atoms with Crippen molar-refractivity contribution in [3.8, 4) is 0 Å². The molecule has 1 N–H and O–H groups in total. The number of hydrogen-bond acceptors (Lipinski definition) is 5. The normalized spacial score (nSPS) is 23.4. The summed E-state index contributed by atoms with van der Waals surface area (Å²) in [4.78, 5) is 13.1. The van der Waals surface area contributed by atoms with Gasteiger partial charge in [0.2, 0.25) is 0 Å². The Morgan fingerprint density at radius 3 is 2.86 bits per heavy atom. The van der Waals surface area contributed by atoms with Gasteiger partial charge in [0.15, 0.2) is 0 Å². The zero-order valence-corrected chi connectivity index (χ0v) is 12.8. The molecule has 6 nitrogen and oxygen atoms in total. The van der Waals surface area contributed by atoms with Crippen molar-refractivity contribution in [1.29, 1.82) is 0 Å². The van der Waals surface area contributed by atoms with E-state index in [-0.39, 0.29) is 22.8 Å². The van der Waals surface area contributed by atoms with Crippen LogP contribution in [-0.2, 0) is 4.74 Å². The molecule has 2 unspecified atom stereocenters. The number of nitrogens with one attached hydrogen (secondary N) is 1. The Bertz CT molecular complexity index is 493. The van der Waals surface area contributed by atoms with E-state index in [0.717, 1.165) is 12.1 Å². The molecule has 1 aliphatic heterocycles. The van der Waals surface area contributed by atoms with Gasteiger partial charge >= 0.3 is 0 Å². The Labute approximate surface area is 125 Å². The number of nitro benzene ring substituents is 1. The maximum Gasteiger partial charge on any atom is 0.274 e. The zero-order chi connectivity index (χ0) is 15.4. The monoisotopic (exact) mass is 293 g/mol. The fourth-order valence-corrected chi connectivity index (χ4v) is 2.73. The number of hydrogen-bond donors (Lipinski definition) is 1. The zero-order valence-electron chi connectivity index (χ0n) is 12.8. The number of benzene rings is 1. The van der Waals surface area contributed by atoms with Gasteiger partial charge in [-0.15, -0.1) is 0 Å². The lowest BCUT2D eigenvalue weighted by atomic mass is 9.96. The van der Waals surface area contributed by atoms with Crippen LogP contribution in [0.25, 0.3) is 0 Å². The topological polar surface area (TPSA) is 67.6 Å². The van der Waals surface area contributed by atoms with E-state index < -0.39 is 0 Å². The first kappa shape index (κ1) is 15.9. The molecule has 0 spiro atoms. The second-order valence-corrected chi connectivity index (χ2v) is 5.71. The molecule has 0 saturated carbocycles. The second kappa shape index (κ2) is 6.98. The Morgan fingerprint density at radius 2 is 2.19 bits per heavy atom. The molecule has 1 aliphatic rings. The van der Waals surface area contributed by atoms with Crippen molar-refractivity contribution in [2.24, 2.45) is 0 Å². The Kier molecular flexibility index (Phi) is 5.27. The van der Waals surface area contributed by atoms with E-state index in [0.29, 0.717) is 19.2 Å². The van der Waals surface area contributed by atoms with Crippen LogP contribution in [0.4, 0.5) is 5.69 Å². The first-order chi connectivity index (χ1) is 10.0. The molecule has 0 aromatic heterocycles. The third-order valence-electron chi connectivity index (χ3n) is 3.78. The number of morpholine rings is 1. The van der Waals surface area contributed by atoms with Crippen LogP contribution in [0.2, 0.25) is 0 Å². The molecular weight excluding hydrogens is 270 g/mol. The van der Waals surface area contributed by atoms with Crippen LogP contribution >= 0.6 is 0 Å². The van der Waals surface area contributed by atoms with Gasteiger partial charge in [-0.05, 0) is 7.05 Å². The van der Waals surface area contributed by atoms with E-state index in [1.165, 1.54) is 0 Å². The molecule has 2 rings (SSSR count). The standard InChI is InChI=1S/C15H23N3O3/c1-11(2)16-10-14-15(17(3)8-9-21-14)12-6-4-5-7-13(12)18(19)20/h4-7,11,14-16H,8-10H2,1-3H3. The predicted octanol–water partition coefficient (Wildman–Crippen LogP) is 1.96. The summed E-state index contributed by atoms with van der Waals surface area (Å²) in [6, 6.07) is 7.18. The number of likely N-dealkylation sites (N-methyl/N-ethyl adjacent to an activating group) is 1. The fourth-order valence-electron chi connectivity index (χ4n) is 2.73. The number of para-hydroxylation sites is 1. The highest BCUT2D eigenvalue weighted by atomic mass is 16.6. The van der Waals surface area contributed by atoms with Gasteiger partial charge in [-0.2, -0.15) is 0 Å². The maximum absolute atomic E-state index is 11.3. The SMILES string of the molecule is CC(C)NCC1OCCN(C)C1c1ccccc1[N+](=O)[O-]. The molecule has 1 aromatic rings. The van der Waals surface area contributed by atoms with E-state index in [4.69, 9.17) is 4.74 Å². The van der Waals surface area contributed by atoms with Crippen molar-refractivity contribution >= 4 is 5.69 Å². The average Bonchev–Trinajstić information content (AvgIpc) is 2.45. The summed E-state index contributed by atoms with van der Waals surface area (Å²) in [5.41, 5.74) is 0.884. The summed E-state index contributed by atoms with van der Waals surface area (Å²) in [5, 5.41) is 14.6. The van der Waals surface area contributed by atoms with E-state index in [2.05, 4.69) is 24.1 Å². The molecule has 0 amide bonds. The van der Waals surface area contributed by atoms with Gasteiger partial charge in [-0.25, -0.2) is 0 Å². The minimum atomic E-state index is -0.315. The summed E-state index contributed by atoms with van der Waals surface area (Å²) in [5.74, 6) is 0. The highest BCUT2D eigenvalue weighted by Gasteiger charge is 2.35. The Hall–Kier alpha value is -1.50. The van der Waals surface area contributed by atoms with Gasteiger partial charge in [0.25, 0.3) is 5.69 Å². The smallest absolute Gasteiger partial charge is 0.274 e. The van der Waals surface area contributed by atoms with Gasteiger partial charge in [-0.1, -0.05) is 32.0 Å². The van der Waals surface area contributed by atoms with Gasteiger partial charge < -0.3 is 10.1 Å². The molecule has 21 heavy (non-hydrogen) atoms. The summed E-state index contributed by atoms with van der Waals surface area (Å²) >= 11 is 0. The maximum atomic E-state index is 11.3. The molecule has 1 aromatic carbocycles. The van der Waals surface area contributed by atoms with Gasteiger partial charge in [-0.3, -0.25) is 15.0 Å². The third-order valence-corrected chi connectivity index (χ3v) is 3.78. The largest absolute Gasteiger partial charge is 0.374 e. The van der Waals surface area contributed by atoms with E-state index in [1.807, 2.05) is 19.2 Å². The van der Waals surface area contributed by atoms with Gasteiger partial charge in [0.05, 0.1) is 23.7 Å². The lowest BCUT2D eigenvalue weighted by Crippen LogP contribution is -2.48. The molecule has 0 aliphatic carbocycles. The number of nitro groups is 1. The first-order valence-corrected chi connectivity index (χ1v) is 7.29. The van der Waals surface area contributed by atoms with Crippen LogP contribution in [0, 0.1) is 10.1 Å². The second-order valence-electron chi connectivity index (χ2n) is 5.71. The van der Waals surface area contributed by atoms with Crippen molar-refractivity contribution < 1.29 is 9.66 Å². The Morgan fingerprint density at radius 1 is 1.48 bits per heavy atom. The first-order valence-electron chi connectivity index (χ1n) is 7.29. The third kappa shape index (κ3) is 3.78. The van der Waals surface area contributed by atoms with Crippen LogP contribution in [0.1, 0.15) is 25.5 Å². The Balaban J connectivity index is 2.29. The quantitative estimate of drug-likeness (QED) is 0.664. The average molecular weight is 293 g/mol. The molecule has 116 valence electrons. The molecule has 1 heterocycles. The van der Waals surface area contributed by atoms with Crippen molar-refractivity contribution in [3.63, 3.8) is 0 Å². The van der Waals surface area contributed by atoms with Crippen molar-refractivity contribution in [2.75, 3.05) is 26.7 Å².